The van der Waals surface area contributed by atoms with Crippen molar-refractivity contribution in [3.8, 4) is 0 Å². The lowest BCUT2D eigenvalue weighted by Gasteiger charge is -2.33. The van der Waals surface area contributed by atoms with Crippen molar-refractivity contribution in [3.63, 3.8) is 0 Å². The van der Waals surface area contributed by atoms with Crippen molar-refractivity contribution >= 4 is 5.91 Å². The summed E-state index contributed by atoms with van der Waals surface area (Å²) in [5, 5.41) is 3.55. The lowest BCUT2D eigenvalue weighted by atomic mass is 9.97. The van der Waals surface area contributed by atoms with Crippen LogP contribution in [-0.2, 0) is 4.79 Å². The van der Waals surface area contributed by atoms with Crippen LogP contribution in [0.2, 0.25) is 0 Å². The summed E-state index contributed by atoms with van der Waals surface area (Å²) in [6.07, 6.45) is 0.780. The molecule has 1 aliphatic rings. The molecule has 1 aromatic carbocycles. The van der Waals surface area contributed by atoms with Gasteiger partial charge in [-0.25, -0.2) is 0 Å². The van der Waals surface area contributed by atoms with Crippen molar-refractivity contribution in [2.24, 2.45) is 5.92 Å². The van der Waals surface area contributed by atoms with Crippen LogP contribution in [0.25, 0.3) is 0 Å². The summed E-state index contributed by atoms with van der Waals surface area (Å²) >= 11 is 0. The van der Waals surface area contributed by atoms with E-state index >= 15 is 0 Å². The van der Waals surface area contributed by atoms with E-state index in [0.29, 0.717) is 5.92 Å². The van der Waals surface area contributed by atoms with E-state index in [1.807, 2.05) is 30.0 Å². The second-order valence-electron chi connectivity index (χ2n) is 6.34. The molecule has 1 aromatic rings. The van der Waals surface area contributed by atoms with Crippen molar-refractivity contribution in [1.29, 1.82) is 0 Å². The van der Waals surface area contributed by atoms with E-state index in [1.54, 1.807) is 0 Å². The molecular weight excluding hydrogens is 248 g/mol. The number of hydrogen-bond donors (Lipinski definition) is 1. The highest BCUT2D eigenvalue weighted by Crippen LogP contribution is 2.35. The van der Waals surface area contributed by atoms with Gasteiger partial charge in [0.05, 0.1) is 5.54 Å². The van der Waals surface area contributed by atoms with Gasteiger partial charge in [-0.05, 0) is 31.7 Å². The first-order valence-electron chi connectivity index (χ1n) is 7.56. The molecule has 2 rings (SSSR count). The average molecular weight is 274 g/mol. The van der Waals surface area contributed by atoms with Gasteiger partial charge in [0.2, 0.25) is 5.91 Å². The Morgan fingerprint density at radius 1 is 1.25 bits per heavy atom. The van der Waals surface area contributed by atoms with E-state index in [-0.39, 0.29) is 18.1 Å². The second kappa shape index (κ2) is 5.57. The number of benzene rings is 1. The first kappa shape index (κ1) is 15.0. The van der Waals surface area contributed by atoms with E-state index in [9.17, 15) is 4.79 Å². The van der Waals surface area contributed by atoms with Crippen LogP contribution in [0.3, 0.4) is 0 Å². The molecular formula is C17H26N2O. The number of carbonyl (C=O) groups is 1. The predicted molar refractivity (Wildman–Crippen MR) is 82.2 cm³/mol. The summed E-state index contributed by atoms with van der Waals surface area (Å²) in [4.78, 5) is 14.9. The standard InChI is InChI=1S/C17H26N2O/c1-6-17(5)16(20)19(13(4)12(2)3)15(18-17)14-10-8-7-9-11-14/h7-13,15,18H,6H2,1-5H3. The fourth-order valence-electron chi connectivity index (χ4n) is 2.71. The summed E-state index contributed by atoms with van der Waals surface area (Å²) in [7, 11) is 0. The summed E-state index contributed by atoms with van der Waals surface area (Å²) < 4.78 is 0. The molecule has 0 aromatic heterocycles. The third kappa shape index (κ3) is 2.47. The zero-order valence-corrected chi connectivity index (χ0v) is 13.2. The first-order chi connectivity index (χ1) is 9.40. The highest BCUT2D eigenvalue weighted by Gasteiger charge is 2.49. The molecule has 0 spiro atoms. The van der Waals surface area contributed by atoms with E-state index in [0.717, 1.165) is 12.0 Å². The highest BCUT2D eigenvalue weighted by atomic mass is 16.2. The minimum atomic E-state index is -0.455. The Balaban J connectivity index is 2.40. The Morgan fingerprint density at radius 3 is 2.35 bits per heavy atom. The Labute approximate surface area is 122 Å². The minimum absolute atomic E-state index is 0.0222. The van der Waals surface area contributed by atoms with Gasteiger partial charge < -0.3 is 4.90 Å². The Morgan fingerprint density at radius 2 is 1.85 bits per heavy atom. The predicted octanol–water partition coefficient (Wildman–Crippen LogP) is 3.33. The van der Waals surface area contributed by atoms with Gasteiger partial charge in [-0.3, -0.25) is 10.1 Å². The van der Waals surface area contributed by atoms with Crippen molar-refractivity contribution in [1.82, 2.24) is 10.2 Å². The molecule has 0 bridgehead atoms. The van der Waals surface area contributed by atoms with Crippen molar-refractivity contribution < 1.29 is 4.79 Å². The van der Waals surface area contributed by atoms with E-state index in [4.69, 9.17) is 0 Å². The molecule has 1 aliphatic heterocycles. The third-order valence-electron chi connectivity index (χ3n) is 4.67. The zero-order chi connectivity index (χ0) is 14.9. The molecule has 3 atom stereocenters. The topological polar surface area (TPSA) is 32.3 Å². The van der Waals surface area contributed by atoms with Gasteiger partial charge >= 0.3 is 0 Å². The number of rotatable bonds is 4. The molecule has 0 aliphatic carbocycles. The first-order valence-corrected chi connectivity index (χ1v) is 7.56. The summed E-state index contributed by atoms with van der Waals surface area (Å²) in [5.41, 5.74) is 0.703. The van der Waals surface area contributed by atoms with E-state index < -0.39 is 5.54 Å². The molecule has 1 saturated heterocycles. The van der Waals surface area contributed by atoms with Gasteiger partial charge in [-0.2, -0.15) is 0 Å². The van der Waals surface area contributed by atoms with Crippen LogP contribution in [0, 0.1) is 5.92 Å². The molecule has 0 radical (unpaired) electrons. The maximum absolute atomic E-state index is 12.9. The van der Waals surface area contributed by atoms with Crippen LogP contribution < -0.4 is 5.32 Å². The molecule has 0 saturated carbocycles. The van der Waals surface area contributed by atoms with Crippen molar-refractivity contribution in [2.75, 3.05) is 0 Å². The average Bonchev–Trinajstić information content (AvgIpc) is 2.72. The number of nitrogens with one attached hydrogen (secondary N) is 1. The molecule has 1 N–H and O–H groups in total. The van der Waals surface area contributed by atoms with Crippen molar-refractivity contribution in [3.05, 3.63) is 35.9 Å². The van der Waals surface area contributed by atoms with Gasteiger partial charge in [0.25, 0.3) is 0 Å². The normalized spacial score (nSPS) is 28.2. The molecule has 3 nitrogen and oxygen atoms in total. The van der Waals surface area contributed by atoms with E-state index in [1.165, 1.54) is 0 Å². The molecule has 3 unspecified atom stereocenters. The number of amides is 1. The molecule has 20 heavy (non-hydrogen) atoms. The van der Waals surface area contributed by atoms with Crippen LogP contribution >= 0.6 is 0 Å². The Hall–Kier alpha value is -1.35. The highest BCUT2D eigenvalue weighted by molar-refractivity contribution is 5.88. The molecule has 1 heterocycles. The maximum atomic E-state index is 12.9. The van der Waals surface area contributed by atoms with Crippen LogP contribution in [0.4, 0.5) is 0 Å². The lowest BCUT2D eigenvalue weighted by Crippen LogP contribution is -2.45. The molecule has 1 fully saturated rings. The molecule has 110 valence electrons. The number of carbonyl (C=O) groups excluding carboxylic acids is 1. The fraction of sp³-hybridized carbons (Fsp3) is 0.588. The molecule has 3 heteroatoms. The van der Waals surface area contributed by atoms with Gasteiger partial charge in [0.15, 0.2) is 0 Å². The van der Waals surface area contributed by atoms with Gasteiger partial charge in [0, 0.05) is 6.04 Å². The van der Waals surface area contributed by atoms with Crippen LogP contribution in [0.5, 0.6) is 0 Å². The summed E-state index contributed by atoms with van der Waals surface area (Å²) in [6, 6.07) is 10.5. The maximum Gasteiger partial charge on any atom is 0.244 e. The van der Waals surface area contributed by atoms with Crippen LogP contribution in [0.1, 0.15) is 52.8 Å². The summed E-state index contributed by atoms with van der Waals surface area (Å²) in [5.74, 6) is 0.654. The second-order valence-corrected chi connectivity index (χ2v) is 6.34. The minimum Gasteiger partial charge on any atom is -0.318 e. The van der Waals surface area contributed by atoms with Crippen LogP contribution in [-0.4, -0.2) is 22.4 Å². The van der Waals surface area contributed by atoms with Gasteiger partial charge in [0.1, 0.15) is 6.17 Å². The Kier molecular flexibility index (Phi) is 4.19. The van der Waals surface area contributed by atoms with Gasteiger partial charge in [-0.15, -0.1) is 0 Å². The smallest absolute Gasteiger partial charge is 0.244 e. The van der Waals surface area contributed by atoms with Crippen molar-refractivity contribution in [2.45, 2.75) is 58.8 Å². The monoisotopic (exact) mass is 274 g/mol. The SMILES string of the molecule is CCC1(C)NC(c2ccccc2)N(C(C)C(C)C)C1=O. The van der Waals surface area contributed by atoms with Gasteiger partial charge in [-0.1, -0.05) is 51.1 Å². The summed E-state index contributed by atoms with van der Waals surface area (Å²) in [6.45, 7) is 10.6. The van der Waals surface area contributed by atoms with Crippen LogP contribution in [0.15, 0.2) is 30.3 Å². The number of nitrogens with zero attached hydrogens (tertiary/aromatic N) is 1. The number of hydrogen-bond acceptors (Lipinski definition) is 2. The third-order valence-corrected chi connectivity index (χ3v) is 4.67. The molecule has 1 amide bonds. The lowest BCUT2D eigenvalue weighted by molar-refractivity contribution is -0.135. The fourth-order valence-corrected chi connectivity index (χ4v) is 2.71. The quantitative estimate of drug-likeness (QED) is 0.913. The Bertz CT molecular complexity index is 471. The largest absolute Gasteiger partial charge is 0.318 e. The zero-order valence-electron chi connectivity index (χ0n) is 13.2. The van der Waals surface area contributed by atoms with E-state index in [2.05, 4.69) is 45.1 Å².